The van der Waals surface area contributed by atoms with Crippen LogP contribution in [0.4, 0.5) is 16.4 Å². The molecule has 0 fully saturated rings. The van der Waals surface area contributed by atoms with Gasteiger partial charge in [0.15, 0.2) is 0 Å². The van der Waals surface area contributed by atoms with Crippen molar-refractivity contribution in [2.24, 2.45) is 0 Å². The van der Waals surface area contributed by atoms with Crippen LogP contribution in [0, 0.1) is 13.8 Å². The van der Waals surface area contributed by atoms with E-state index in [9.17, 15) is 18.0 Å². The number of hydrogen-bond donors (Lipinski definition) is 3. The minimum atomic E-state index is -3.90. The van der Waals surface area contributed by atoms with Crippen LogP contribution >= 0.6 is 0 Å². The van der Waals surface area contributed by atoms with Gasteiger partial charge in [0.05, 0.1) is 17.7 Å². The van der Waals surface area contributed by atoms with Crippen molar-refractivity contribution in [2.45, 2.75) is 18.7 Å². The van der Waals surface area contributed by atoms with Gasteiger partial charge in [-0.05, 0) is 62.4 Å². The molecule has 0 bridgehead atoms. The van der Waals surface area contributed by atoms with E-state index in [4.69, 9.17) is 9.26 Å². The first-order valence-electron chi connectivity index (χ1n) is 9.02. The summed E-state index contributed by atoms with van der Waals surface area (Å²) in [5.41, 5.74) is 1.74. The number of rotatable bonds is 6. The molecule has 3 aromatic rings. The molecule has 0 unspecified atom stereocenters. The maximum atomic E-state index is 12.5. The van der Waals surface area contributed by atoms with Crippen LogP contribution in [0.15, 0.2) is 57.9 Å². The van der Waals surface area contributed by atoms with Crippen molar-refractivity contribution >= 4 is 33.5 Å². The number of carbonyl (C=O) groups is 2. The minimum absolute atomic E-state index is 0.0381. The molecule has 0 aliphatic carbocycles. The van der Waals surface area contributed by atoms with E-state index in [1.165, 1.54) is 43.5 Å². The molecular weight excluding hydrogens is 424 g/mol. The number of sulfonamides is 1. The summed E-state index contributed by atoms with van der Waals surface area (Å²) >= 11 is 0. The Morgan fingerprint density at radius 2 is 1.65 bits per heavy atom. The van der Waals surface area contributed by atoms with Crippen LogP contribution in [0.3, 0.4) is 0 Å². The van der Waals surface area contributed by atoms with Crippen LogP contribution in [-0.4, -0.2) is 32.6 Å². The molecule has 0 atom stereocenters. The molecule has 1 aromatic heterocycles. The molecule has 1 heterocycles. The van der Waals surface area contributed by atoms with Gasteiger partial charge in [-0.25, -0.2) is 17.9 Å². The van der Waals surface area contributed by atoms with Gasteiger partial charge in [0.25, 0.3) is 15.9 Å². The summed E-state index contributed by atoms with van der Waals surface area (Å²) in [6.07, 6.45) is 0. The number of urea groups is 1. The van der Waals surface area contributed by atoms with Crippen molar-refractivity contribution in [2.75, 3.05) is 17.1 Å². The number of carbonyl (C=O) groups excluding carboxylic acids is 2. The monoisotopic (exact) mass is 444 g/mol. The number of nitrogens with zero attached hydrogens (tertiary/aromatic N) is 1. The van der Waals surface area contributed by atoms with Gasteiger partial charge in [-0.1, -0.05) is 5.16 Å². The van der Waals surface area contributed by atoms with Crippen LogP contribution in [0.2, 0.25) is 0 Å². The van der Waals surface area contributed by atoms with E-state index < -0.39 is 22.0 Å². The van der Waals surface area contributed by atoms with Gasteiger partial charge in [-0.2, -0.15) is 0 Å². The van der Waals surface area contributed by atoms with E-state index in [1.54, 1.807) is 26.0 Å². The van der Waals surface area contributed by atoms with Crippen molar-refractivity contribution in [1.82, 2.24) is 10.5 Å². The molecule has 0 saturated carbocycles. The summed E-state index contributed by atoms with van der Waals surface area (Å²) in [6, 6.07) is 10.9. The molecule has 10 nitrogen and oxygen atoms in total. The summed E-state index contributed by atoms with van der Waals surface area (Å²) < 4.78 is 37.3. The summed E-state index contributed by atoms with van der Waals surface area (Å²) in [4.78, 5) is 24.1. The van der Waals surface area contributed by atoms with E-state index in [2.05, 4.69) is 20.5 Å². The first-order chi connectivity index (χ1) is 14.7. The van der Waals surface area contributed by atoms with Gasteiger partial charge in [0.1, 0.15) is 5.75 Å². The normalized spacial score (nSPS) is 10.9. The topological polar surface area (TPSA) is 140 Å². The van der Waals surface area contributed by atoms with Gasteiger partial charge >= 0.3 is 6.03 Å². The standard InChI is InChI=1S/C20H20N4O6S/c1-12-13(2)23-30-19(12)24-31(27,28)17-10-6-15(7-11-17)21-20(26)22-18(25)14-4-8-16(29-3)9-5-14/h4-11,24H,1-3H3,(H2,21,22,25,26). The Balaban J connectivity index is 1.62. The number of hydrogen-bond acceptors (Lipinski definition) is 7. The van der Waals surface area contributed by atoms with Gasteiger partial charge in [-0.3, -0.25) is 10.1 Å². The van der Waals surface area contributed by atoms with Crippen LogP contribution in [0.1, 0.15) is 21.6 Å². The lowest BCUT2D eigenvalue weighted by atomic mass is 10.2. The molecule has 11 heteroatoms. The largest absolute Gasteiger partial charge is 0.497 e. The predicted octanol–water partition coefficient (Wildman–Crippen LogP) is 3.06. The Morgan fingerprint density at radius 3 is 2.19 bits per heavy atom. The third-order valence-electron chi connectivity index (χ3n) is 4.39. The second kappa shape index (κ2) is 8.88. The Hall–Kier alpha value is -3.86. The Bertz CT molecular complexity index is 1200. The number of anilines is 2. The fourth-order valence-electron chi connectivity index (χ4n) is 2.49. The zero-order valence-corrected chi connectivity index (χ0v) is 17.7. The quantitative estimate of drug-likeness (QED) is 0.531. The van der Waals surface area contributed by atoms with Crippen molar-refractivity contribution in [3.63, 3.8) is 0 Å². The molecule has 0 saturated heterocycles. The highest BCUT2D eigenvalue weighted by molar-refractivity contribution is 7.92. The zero-order chi connectivity index (χ0) is 22.6. The molecule has 162 valence electrons. The first kappa shape index (κ1) is 21.8. The molecule has 3 amide bonds. The third-order valence-corrected chi connectivity index (χ3v) is 5.73. The average Bonchev–Trinajstić information content (AvgIpc) is 3.05. The van der Waals surface area contributed by atoms with Gasteiger partial charge < -0.3 is 14.6 Å². The highest BCUT2D eigenvalue weighted by atomic mass is 32.2. The lowest BCUT2D eigenvalue weighted by Crippen LogP contribution is -2.34. The molecule has 0 radical (unpaired) electrons. The van der Waals surface area contributed by atoms with E-state index in [0.29, 0.717) is 22.7 Å². The molecule has 2 aromatic carbocycles. The maximum Gasteiger partial charge on any atom is 0.326 e. The Morgan fingerprint density at radius 1 is 1.00 bits per heavy atom. The lowest BCUT2D eigenvalue weighted by molar-refractivity contribution is 0.0967. The fraction of sp³-hybridized carbons (Fsp3) is 0.150. The molecule has 3 rings (SSSR count). The van der Waals surface area contributed by atoms with Gasteiger partial charge in [0, 0.05) is 16.8 Å². The van der Waals surface area contributed by atoms with Crippen LogP contribution in [-0.2, 0) is 10.0 Å². The molecule has 0 spiro atoms. The summed E-state index contributed by atoms with van der Waals surface area (Å²) in [5, 5.41) is 8.36. The number of ether oxygens (including phenoxy) is 1. The van der Waals surface area contributed by atoms with E-state index in [1.807, 2.05) is 0 Å². The zero-order valence-electron chi connectivity index (χ0n) is 16.9. The summed E-state index contributed by atoms with van der Waals surface area (Å²) in [5.74, 6) is 0.0246. The smallest absolute Gasteiger partial charge is 0.326 e. The Kier molecular flexibility index (Phi) is 6.25. The number of nitrogens with one attached hydrogen (secondary N) is 3. The highest BCUT2D eigenvalue weighted by Gasteiger charge is 2.19. The fourth-order valence-corrected chi connectivity index (χ4v) is 3.54. The minimum Gasteiger partial charge on any atom is -0.497 e. The molecular formula is C20H20N4O6S. The van der Waals surface area contributed by atoms with Crippen LogP contribution in [0.5, 0.6) is 5.75 Å². The van der Waals surface area contributed by atoms with E-state index >= 15 is 0 Å². The molecule has 3 N–H and O–H groups in total. The van der Waals surface area contributed by atoms with Crippen molar-refractivity contribution in [3.8, 4) is 5.75 Å². The van der Waals surface area contributed by atoms with E-state index in [-0.39, 0.29) is 16.3 Å². The van der Waals surface area contributed by atoms with E-state index in [0.717, 1.165) is 0 Å². The molecule has 0 aliphatic heterocycles. The second-order valence-corrected chi connectivity index (χ2v) is 8.17. The SMILES string of the molecule is COc1ccc(C(=O)NC(=O)Nc2ccc(S(=O)(=O)Nc3onc(C)c3C)cc2)cc1. The van der Waals surface area contributed by atoms with Crippen LogP contribution < -0.4 is 20.1 Å². The number of imide groups is 1. The second-order valence-electron chi connectivity index (χ2n) is 6.49. The first-order valence-corrected chi connectivity index (χ1v) is 10.5. The number of aromatic nitrogens is 1. The van der Waals surface area contributed by atoms with Crippen molar-refractivity contribution in [3.05, 3.63) is 65.4 Å². The lowest BCUT2D eigenvalue weighted by Gasteiger charge is -2.09. The molecule has 31 heavy (non-hydrogen) atoms. The number of methoxy groups -OCH3 is 1. The average molecular weight is 444 g/mol. The predicted molar refractivity (Wildman–Crippen MR) is 113 cm³/mol. The highest BCUT2D eigenvalue weighted by Crippen LogP contribution is 2.22. The maximum absolute atomic E-state index is 12.5. The number of aryl methyl sites for hydroxylation is 1. The van der Waals surface area contributed by atoms with Gasteiger partial charge in [0.2, 0.25) is 5.88 Å². The summed E-state index contributed by atoms with van der Waals surface area (Å²) in [6.45, 7) is 3.38. The van der Waals surface area contributed by atoms with Crippen molar-refractivity contribution < 1.29 is 27.3 Å². The van der Waals surface area contributed by atoms with Gasteiger partial charge in [-0.15, -0.1) is 0 Å². The number of amides is 3. The van der Waals surface area contributed by atoms with Crippen LogP contribution in [0.25, 0.3) is 0 Å². The number of benzene rings is 2. The third kappa shape index (κ3) is 5.20. The van der Waals surface area contributed by atoms with Crippen molar-refractivity contribution in [1.29, 1.82) is 0 Å². The summed E-state index contributed by atoms with van der Waals surface area (Å²) in [7, 11) is -2.40. The molecule has 0 aliphatic rings. The Labute approximate surface area is 178 Å².